The van der Waals surface area contributed by atoms with Crippen molar-refractivity contribution in [2.75, 3.05) is 0 Å². The van der Waals surface area contributed by atoms with Crippen molar-refractivity contribution in [2.45, 2.75) is 25.8 Å². The van der Waals surface area contributed by atoms with Crippen LogP contribution in [0.4, 0.5) is 0 Å². The largest absolute Gasteiger partial charge is 0.332 e. The zero-order valence-corrected chi connectivity index (χ0v) is 15.6. The molecular formula is C19H21ClN4O2. The molecule has 1 aromatic carbocycles. The standard InChI is InChI=1S/C19H21ClN4O2/c1-22-16-15(17(25)23(2)19(22)26)24(18(20)21-16)13-9-4-3-6-10-14-11-7-5-8-12-14/h4-5,7-9,11-12H,3,6,10,13H2,1-2H3/b9-4+. The second kappa shape index (κ2) is 7.74. The highest BCUT2D eigenvalue weighted by molar-refractivity contribution is 6.29. The molecule has 0 saturated heterocycles. The number of allylic oxidation sites excluding steroid dienone is 2. The second-order valence-corrected chi connectivity index (χ2v) is 6.56. The van der Waals surface area contributed by atoms with Gasteiger partial charge >= 0.3 is 5.69 Å². The van der Waals surface area contributed by atoms with Crippen LogP contribution in [0.25, 0.3) is 11.2 Å². The maximum Gasteiger partial charge on any atom is 0.332 e. The Balaban J connectivity index is 1.72. The lowest BCUT2D eigenvalue weighted by molar-refractivity contribution is 0.703. The zero-order chi connectivity index (χ0) is 18.7. The summed E-state index contributed by atoms with van der Waals surface area (Å²) in [5.41, 5.74) is 1.17. The summed E-state index contributed by atoms with van der Waals surface area (Å²) in [6, 6.07) is 10.4. The van der Waals surface area contributed by atoms with Crippen LogP contribution in [0.15, 0.2) is 52.1 Å². The maximum absolute atomic E-state index is 12.4. The van der Waals surface area contributed by atoms with E-state index >= 15 is 0 Å². The summed E-state index contributed by atoms with van der Waals surface area (Å²) in [7, 11) is 3.03. The molecule has 0 aliphatic rings. The number of rotatable bonds is 6. The van der Waals surface area contributed by atoms with Crippen LogP contribution in [0, 0.1) is 0 Å². The van der Waals surface area contributed by atoms with Gasteiger partial charge in [-0.3, -0.25) is 13.9 Å². The molecule has 0 N–H and O–H groups in total. The Kier molecular flexibility index (Phi) is 5.42. The minimum atomic E-state index is -0.416. The van der Waals surface area contributed by atoms with Gasteiger partial charge in [0.15, 0.2) is 11.2 Å². The van der Waals surface area contributed by atoms with Crippen molar-refractivity contribution in [1.82, 2.24) is 18.7 Å². The maximum atomic E-state index is 12.4. The summed E-state index contributed by atoms with van der Waals surface area (Å²) in [5.74, 6) is 0. The van der Waals surface area contributed by atoms with Crippen LogP contribution < -0.4 is 11.2 Å². The molecule has 7 heteroatoms. The van der Waals surface area contributed by atoms with E-state index in [0.29, 0.717) is 17.7 Å². The number of halogens is 1. The van der Waals surface area contributed by atoms with Gasteiger partial charge in [0.2, 0.25) is 5.28 Å². The number of unbranched alkanes of at least 4 members (excludes halogenated alkanes) is 1. The smallest absolute Gasteiger partial charge is 0.305 e. The number of imidazole rings is 1. The van der Waals surface area contributed by atoms with Crippen LogP contribution in [-0.4, -0.2) is 18.7 Å². The van der Waals surface area contributed by atoms with Crippen molar-refractivity contribution < 1.29 is 0 Å². The van der Waals surface area contributed by atoms with E-state index in [2.05, 4.69) is 23.2 Å². The van der Waals surface area contributed by atoms with Gasteiger partial charge in [0.05, 0.1) is 0 Å². The summed E-state index contributed by atoms with van der Waals surface area (Å²) in [6.07, 6.45) is 7.08. The first-order valence-corrected chi connectivity index (χ1v) is 8.89. The van der Waals surface area contributed by atoms with Crippen molar-refractivity contribution in [3.05, 3.63) is 74.2 Å². The normalized spacial score (nSPS) is 11.7. The van der Waals surface area contributed by atoms with Gasteiger partial charge in [-0.15, -0.1) is 0 Å². The Bertz CT molecular complexity index is 1060. The number of hydrogen-bond donors (Lipinski definition) is 0. The van der Waals surface area contributed by atoms with Gasteiger partial charge in [-0.25, -0.2) is 4.79 Å². The molecule has 6 nitrogen and oxygen atoms in total. The van der Waals surface area contributed by atoms with Crippen LogP contribution in [0.1, 0.15) is 18.4 Å². The average Bonchev–Trinajstić information content (AvgIpc) is 2.98. The van der Waals surface area contributed by atoms with Crippen molar-refractivity contribution in [1.29, 1.82) is 0 Å². The van der Waals surface area contributed by atoms with Crippen molar-refractivity contribution in [3.8, 4) is 0 Å². The fourth-order valence-electron chi connectivity index (χ4n) is 2.95. The first-order valence-electron chi connectivity index (χ1n) is 8.51. The molecule has 3 rings (SSSR count). The van der Waals surface area contributed by atoms with Gasteiger partial charge in [-0.1, -0.05) is 42.5 Å². The lowest BCUT2D eigenvalue weighted by Crippen LogP contribution is -2.37. The fourth-order valence-corrected chi connectivity index (χ4v) is 3.19. The van der Waals surface area contributed by atoms with Crippen LogP contribution >= 0.6 is 11.6 Å². The summed E-state index contributed by atoms with van der Waals surface area (Å²) < 4.78 is 4.04. The highest BCUT2D eigenvalue weighted by Crippen LogP contribution is 2.15. The molecule has 0 unspecified atom stereocenters. The third-order valence-electron chi connectivity index (χ3n) is 4.44. The quantitative estimate of drug-likeness (QED) is 0.379. The molecule has 0 spiro atoms. The third kappa shape index (κ3) is 3.51. The average molecular weight is 373 g/mol. The Labute approximate surface area is 156 Å². The van der Waals surface area contributed by atoms with E-state index in [0.717, 1.165) is 23.8 Å². The molecule has 26 heavy (non-hydrogen) atoms. The second-order valence-electron chi connectivity index (χ2n) is 6.22. The van der Waals surface area contributed by atoms with Gasteiger partial charge < -0.3 is 4.57 Å². The van der Waals surface area contributed by atoms with Crippen LogP contribution in [0.2, 0.25) is 5.28 Å². The number of aryl methyl sites for hydroxylation is 2. The third-order valence-corrected chi connectivity index (χ3v) is 4.72. The van der Waals surface area contributed by atoms with Gasteiger partial charge in [0.1, 0.15) is 0 Å². The van der Waals surface area contributed by atoms with E-state index < -0.39 is 5.69 Å². The Hall–Kier alpha value is -2.60. The SMILES string of the molecule is Cn1c(=O)c2c(nc(Cl)n2C/C=C/CCCc2ccccc2)n(C)c1=O. The molecule has 136 valence electrons. The number of fused-ring (bicyclic) bond motifs is 1. The van der Waals surface area contributed by atoms with Crippen molar-refractivity contribution >= 4 is 22.8 Å². The molecule has 2 aromatic heterocycles. The summed E-state index contributed by atoms with van der Waals surface area (Å²) >= 11 is 6.19. The van der Waals surface area contributed by atoms with E-state index in [9.17, 15) is 9.59 Å². The highest BCUT2D eigenvalue weighted by Gasteiger charge is 2.17. The number of hydrogen-bond acceptors (Lipinski definition) is 3. The summed E-state index contributed by atoms with van der Waals surface area (Å²) in [5, 5.41) is 0.201. The molecule has 0 amide bonds. The number of aromatic nitrogens is 4. The Morgan fingerprint density at radius 3 is 2.54 bits per heavy atom. The van der Waals surface area contributed by atoms with Gasteiger partial charge in [0.25, 0.3) is 5.56 Å². The van der Waals surface area contributed by atoms with E-state index in [-0.39, 0.29) is 10.8 Å². The van der Waals surface area contributed by atoms with Crippen LogP contribution in [0.5, 0.6) is 0 Å². The van der Waals surface area contributed by atoms with E-state index in [1.54, 1.807) is 11.6 Å². The lowest BCUT2D eigenvalue weighted by Gasteiger charge is -2.05. The Morgan fingerprint density at radius 1 is 1.08 bits per heavy atom. The summed E-state index contributed by atoms with van der Waals surface area (Å²) in [6.45, 7) is 0.439. The molecule has 0 radical (unpaired) electrons. The molecule has 0 fully saturated rings. The molecule has 3 aromatic rings. The predicted molar refractivity (Wildman–Crippen MR) is 104 cm³/mol. The fraction of sp³-hybridized carbons (Fsp3) is 0.316. The lowest BCUT2D eigenvalue weighted by atomic mass is 10.1. The predicted octanol–water partition coefficient (Wildman–Crippen LogP) is 2.67. The van der Waals surface area contributed by atoms with Gasteiger partial charge in [0, 0.05) is 20.6 Å². The van der Waals surface area contributed by atoms with Crippen LogP contribution in [-0.2, 0) is 27.1 Å². The van der Waals surface area contributed by atoms with E-state index in [1.165, 1.54) is 17.2 Å². The van der Waals surface area contributed by atoms with Crippen LogP contribution in [0.3, 0.4) is 0 Å². The first kappa shape index (κ1) is 18.2. The molecule has 0 saturated carbocycles. The molecule has 0 atom stereocenters. The van der Waals surface area contributed by atoms with Gasteiger partial charge in [-0.2, -0.15) is 4.98 Å². The zero-order valence-electron chi connectivity index (χ0n) is 14.9. The molecule has 0 aliphatic carbocycles. The van der Waals surface area contributed by atoms with Crippen molar-refractivity contribution in [2.24, 2.45) is 14.1 Å². The van der Waals surface area contributed by atoms with Gasteiger partial charge in [-0.05, 0) is 36.4 Å². The number of benzene rings is 1. The minimum Gasteiger partial charge on any atom is -0.305 e. The first-order chi connectivity index (χ1) is 12.5. The Morgan fingerprint density at radius 2 is 1.81 bits per heavy atom. The molecule has 0 bridgehead atoms. The summed E-state index contributed by atoms with van der Waals surface area (Å²) in [4.78, 5) is 28.6. The topological polar surface area (TPSA) is 61.8 Å². The van der Waals surface area contributed by atoms with E-state index in [1.807, 2.05) is 24.3 Å². The van der Waals surface area contributed by atoms with E-state index in [4.69, 9.17) is 11.6 Å². The number of nitrogens with zero attached hydrogens (tertiary/aromatic N) is 4. The molecule has 0 aliphatic heterocycles. The minimum absolute atomic E-state index is 0.201. The molecule has 2 heterocycles. The monoisotopic (exact) mass is 372 g/mol. The van der Waals surface area contributed by atoms with Crippen molar-refractivity contribution in [3.63, 3.8) is 0 Å². The molecular weight excluding hydrogens is 352 g/mol. The highest BCUT2D eigenvalue weighted by atomic mass is 35.5.